The molecule has 0 amide bonds. The minimum Gasteiger partial charge on any atom is -0.479 e. The Kier molecular flexibility index (Phi) is 2.19. The molecule has 1 aromatic heterocycles. The predicted molar refractivity (Wildman–Crippen MR) is 49.1 cm³/mol. The van der Waals surface area contributed by atoms with Crippen molar-refractivity contribution in [3.63, 3.8) is 0 Å². The molecule has 2 atom stereocenters. The van der Waals surface area contributed by atoms with Crippen molar-refractivity contribution in [3.8, 4) is 0 Å². The molecule has 1 aliphatic heterocycles. The van der Waals surface area contributed by atoms with Crippen LogP contribution < -0.4 is 11.6 Å². The summed E-state index contributed by atoms with van der Waals surface area (Å²) in [5.74, 6) is 5.00. The largest absolute Gasteiger partial charge is 0.479 e. The first-order valence-electron chi connectivity index (χ1n) is 4.43. The first-order valence-corrected chi connectivity index (χ1v) is 4.43. The topological polar surface area (TPSA) is 129 Å². The highest BCUT2D eigenvalue weighted by Gasteiger charge is 2.34. The highest BCUT2D eigenvalue weighted by Crippen LogP contribution is 2.31. The second kappa shape index (κ2) is 3.39. The van der Waals surface area contributed by atoms with E-state index in [1.165, 1.54) is 0 Å². The quantitative estimate of drug-likeness (QED) is 0.530. The normalized spacial score (nSPS) is 25.6. The van der Waals surface area contributed by atoms with Gasteiger partial charge >= 0.3 is 5.97 Å². The fourth-order valence-electron chi connectivity index (χ4n) is 1.54. The number of carboxylic acid groups (broad SMARTS) is 1. The maximum Gasteiger partial charge on any atom is 0.332 e. The van der Waals surface area contributed by atoms with Crippen molar-refractivity contribution < 1.29 is 14.6 Å². The van der Waals surface area contributed by atoms with Gasteiger partial charge in [0.05, 0.1) is 0 Å². The zero-order valence-electron chi connectivity index (χ0n) is 7.83. The van der Waals surface area contributed by atoms with Crippen LogP contribution in [0.1, 0.15) is 24.8 Å². The number of carboxylic acids is 1. The van der Waals surface area contributed by atoms with E-state index in [9.17, 15) is 4.79 Å². The molecule has 1 aliphatic rings. The van der Waals surface area contributed by atoms with Crippen molar-refractivity contribution in [3.05, 3.63) is 5.82 Å². The van der Waals surface area contributed by atoms with Gasteiger partial charge in [0.25, 0.3) is 0 Å². The lowest BCUT2D eigenvalue weighted by Gasteiger charge is -2.09. The fourth-order valence-corrected chi connectivity index (χ4v) is 1.54. The minimum absolute atomic E-state index is 0.0763. The number of rotatable bonds is 2. The third-order valence-electron chi connectivity index (χ3n) is 2.33. The van der Waals surface area contributed by atoms with E-state index in [0.717, 1.165) is 4.68 Å². The fraction of sp³-hybridized carbons (Fsp3) is 0.571. The molecule has 0 bridgehead atoms. The van der Waals surface area contributed by atoms with Gasteiger partial charge in [-0.2, -0.15) is 0 Å². The number of hydrogen-bond acceptors (Lipinski definition) is 6. The van der Waals surface area contributed by atoms with E-state index < -0.39 is 18.2 Å². The third-order valence-corrected chi connectivity index (χ3v) is 2.33. The molecule has 15 heavy (non-hydrogen) atoms. The van der Waals surface area contributed by atoms with Gasteiger partial charge in [0.2, 0.25) is 5.95 Å². The van der Waals surface area contributed by atoms with Crippen LogP contribution in [0.4, 0.5) is 5.95 Å². The molecule has 8 heteroatoms. The first kappa shape index (κ1) is 9.71. The van der Waals surface area contributed by atoms with E-state index in [2.05, 4.69) is 10.2 Å². The summed E-state index contributed by atoms with van der Waals surface area (Å²) in [6.07, 6.45) is -0.257. The molecule has 1 saturated heterocycles. The summed E-state index contributed by atoms with van der Waals surface area (Å²) in [5.41, 5.74) is 5.40. The molecule has 2 unspecified atom stereocenters. The van der Waals surface area contributed by atoms with E-state index in [-0.39, 0.29) is 5.95 Å². The zero-order valence-corrected chi connectivity index (χ0v) is 7.83. The van der Waals surface area contributed by atoms with Crippen molar-refractivity contribution in [2.75, 3.05) is 11.6 Å². The summed E-state index contributed by atoms with van der Waals surface area (Å²) in [5, 5.41) is 16.0. The van der Waals surface area contributed by atoms with E-state index in [0.29, 0.717) is 18.7 Å². The number of aliphatic carboxylic acids is 1. The Morgan fingerprint density at radius 2 is 2.27 bits per heavy atom. The van der Waals surface area contributed by atoms with Gasteiger partial charge in [0.1, 0.15) is 6.10 Å². The van der Waals surface area contributed by atoms with Gasteiger partial charge < -0.3 is 21.4 Å². The molecule has 2 rings (SSSR count). The zero-order chi connectivity index (χ0) is 11.0. The number of hydrogen-bond donors (Lipinski definition) is 3. The van der Waals surface area contributed by atoms with E-state index in [4.69, 9.17) is 21.4 Å². The van der Waals surface area contributed by atoms with Gasteiger partial charge in [-0.15, -0.1) is 10.2 Å². The number of anilines is 1. The Hall–Kier alpha value is -1.83. The first-order chi connectivity index (χ1) is 7.09. The Bertz CT molecular complexity index is 390. The van der Waals surface area contributed by atoms with Crippen LogP contribution in [0.15, 0.2) is 0 Å². The number of carbonyl (C=O) groups is 1. The molecule has 0 radical (unpaired) electrons. The molecule has 0 saturated carbocycles. The van der Waals surface area contributed by atoms with Gasteiger partial charge in [-0.3, -0.25) is 0 Å². The summed E-state index contributed by atoms with van der Waals surface area (Å²) in [6, 6.07) is 0. The van der Waals surface area contributed by atoms with E-state index in [1.807, 2.05) is 0 Å². The van der Waals surface area contributed by atoms with Crippen LogP contribution in [0, 0.1) is 0 Å². The Morgan fingerprint density at radius 3 is 2.73 bits per heavy atom. The predicted octanol–water partition coefficient (Wildman–Crippen LogP) is -1.12. The molecular formula is C7H11N5O3. The second-order valence-electron chi connectivity index (χ2n) is 3.32. The minimum atomic E-state index is -0.978. The molecule has 1 fully saturated rings. The van der Waals surface area contributed by atoms with E-state index in [1.54, 1.807) is 0 Å². The average molecular weight is 213 g/mol. The van der Waals surface area contributed by atoms with Gasteiger partial charge in [-0.25, -0.2) is 9.47 Å². The highest BCUT2D eigenvalue weighted by atomic mass is 16.5. The van der Waals surface area contributed by atoms with Gasteiger partial charge in [0, 0.05) is 0 Å². The van der Waals surface area contributed by atoms with Gasteiger partial charge in [0.15, 0.2) is 11.9 Å². The van der Waals surface area contributed by atoms with Gasteiger partial charge in [-0.05, 0) is 12.8 Å². The van der Waals surface area contributed by atoms with Crippen molar-refractivity contribution in [2.45, 2.75) is 25.0 Å². The number of nitrogen functional groups attached to an aromatic ring is 2. The smallest absolute Gasteiger partial charge is 0.332 e. The highest BCUT2D eigenvalue weighted by molar-refractivity contribution is 5.72. The molecule has 5 N–H and O–H groups in total. The molecule has 1 aromatic rings. The maximum atomic E-state index is 10.6. The van der Waals surface area contributed by atoms with Crippen LogP contribution in [0.5, 0.6) is 0 Å². The Morgan fingerprint density at radius 1 is 1.53 bits per heavy atom. The van der Waals surface area contributed by atoms with Crippen LogP contribution in [-0.2, 0) is 9.53 Å². The van der Waals surface area contributed by atoms with E-state index >= 15 is 0 Å². The van der Waals surface area contributed by atoms with Crippen LogP contribution >= 0.6 is 0 Å². The molecule has 0 spiro atoms. The van der Waals surface area contributed by atoms with Crippen molar-refractivity contribution in [1.29, 1.82) is 0 Å². The molecule has 0 aromatic carbocycles. The number of nitrogens with two attached hydrogens (primary N) is 2. The average Bonchev–Trinajstić information content (AvgIpc) is 2.76. The van der Waals surface area contributed by atoms with Crippen LogP contribution in [0.25, 0.3) is 0 Å². The summed E-state index contributed by atoms with van der Waals surface area (Å²) >= 11 is 0. The van der Waals surface area contributed by atoms with Crippen molar-refractivity contribution in [2.24, 2.45) is 0 Å². The van der Waals surface area contributed by atoms with Crippen LogP contribution in [-0.4, -0.2) is 32.1 Å². The summed E-state index contributed by atoms with van der Waals surface area (Å²) < 4.78 is 6.35. The molecule has 8 nitrogen and oxygen atoms in total. The van der Waals surface area contributed by atoms with Crippen molar-refractivity contribution >= 4 is 11.9 Å². The number of ether oxygens (including phenoxy) is 1. The van der Waals surface area contributed by atoms with Crippen molar-refractivity contribution in [1.82, 2.24) is 14.9 Å². The Labute approximate surface area is 84.8 Å². The monoisotopic (exact) mass is 213 g/mol. The maximum absolute atomic E-state index is 10.6. The second-order valence-corrected chi connectivity index (χ2v) is 3.32. The number of aromatic nitrogens is 3. The molecular weight excluding hydrogens is 202 g/mol. The molecule has 2 heterocycles. The van der Waals surface area contributed by atoms with Gasteiger partial charge in [-0.1, -0.05) is 0 Å². The van der Waals surface area contributed by atoms with Crippen LogP contribution in [0.2, 0.25) is 0 Å². The summed E-state index contributed by atoms with van der Waals surface area (Å²) in [6.45, 7) is 0. The third kappa shape index (κ3) is 1.59. The number of nitrogens with zero attached hydrogens (tertiary/aromatic N) is 3. The standard InChI is InChI=1S/C7H11N5O3/c8-7-11-10-5(12(7)9)3-1-2-4(15-3)6(13)14/h3-4H,1-2,9H2,(H2,8,11)(H,13,14). The lowest BCUT2D eigenvalue weighted by atomic mass is 10.2. The van der Waals surface area contributed by atoms with Crippen LogP contribution in [0.3, 0.4) is 0 Å². The Balaban J connectivity index is 2.14. The lowest BCUT2D eigenvalue weighted by Crippen LogP contribution is -2.21. The summed E-state index contributed by atoms with van der Waals surface area (Å²) in [7, 11) is 0. The molecule has 0 aliphatic carbocycles. The summed E-state index contributed by atoms with van der Waals surface area (Å²) in [4.78, 5) is 10.6. The SMILES string of the molecule is Nc1nnc(C2CCC(C(=O)O)O2)n1N. The lowest BCUT2D eigenvalue weighted by molar-refractivity contribution is -0.149. The molecule has 82 valence electrons.